The largest absolute Gasteiger partial charge is 0.433 e. The lowest BCUT2D eigenvalue weighted by atomic mass is 10.0. The molecule has 2 aromatic rings. The summed E-state index contributed by atoms with van der Waals surface area (Å²) in [6, 6.07) is 7.19. The Morgan fingerprint density at radius 3 is 2.43 bits per heavy atom. The number of aliphatic hydroxyl groups excluding tert-OH is 1. The topological polar surface area (TPSA) is 33.1 Å². The molecule has 0 amide bonds. The molecule has 7 heteroatoms. The number of halogens is 5. The molecule has 0 spiro atoms. The van der Waals surface area contributed by atoms with Crippen LogP contribution in [-0.4, -0.2) is 10.1 Å². The maximum Gasteiger partial charge on any atom is 0.433 e. The Bertz CT molecular complexity index is 656. The van der Waals surface area contributed by atoms with Gasteiger partial charge in [-0.05, 0) is 36.2 Å². The molecule has 21 heavy (non-hydrogen) atoms. The molecule has 0 saturated heterocycles. The zero-order chi connectivity index (χ0) is 15.8. The van der Waals surface area contributed by atoms with Gasteiger partial charge in [0.1, 0.15) is 17.0 Å². The Morgan fingerprint density at radius 1 is 1.24 bits per heavy atom. The van der Waals surface area contributed by atoms with Crippen molar-refractivity contribution < 1.29 is 18.3 Å². The highest BCUT2D eigenvalue weighted by Crippen LogP contribution is 2.33. The summed E-state index contributed by atoms with van der Waals surface area (Å²) in [5.41, 5.74) is 0.454. The third kappa shape index (κ3) is 3.75. The van der Waals surface area contributed by atoms with E-state index in [-0.39, 0.29) is 10.7 Å². The van der Waals surface area contributed by atoms with Crippen LogP contribution in [0.4, 0.5) is 13.2 Å². The minimum Gasteiger partial charge on any atom is -0.384 e. The van der Waals surface area contributed by atoms with Gasteiger partial charge in [-0.25, -0.2) is 4.98 Å². The van der Waals surface area contributed by atoms with Crippen LogP contribution in [-0.2, 0) is 6.18 Å². The quantitative estimate of drug-likeness (QED) is 0.751. The van der Waals surface area contributed by atoms with Crippen molar-refractivity contribution in [3.8, 4) is 0 Å². The molecule has 1 atom stereocenters. The number of benzene rings is 1. The standard InChI is InChI=1S/C14H10BrClF3NO/c1-7-4-8(6-9(15)5-7)12(21)10-2-3-11(14(17,18)19)20-13(10)16/h2-6,12,21H,1H3. The van der Waals surface area contributed by atoms with Crippen molar-refractivity contribution in [2.45, 2.75) is 19.2 Å². The van der Waals surface area contributed by atoms with Crippen molar-refractivity contribution in [2.75, 3.05) is 0 Å². The number of pyridine rings is 1. The molecule has 0 aliphatic heterocycles. The van der Waals surface area contributed by atoms with Gasteiger partial charge in [0.15, 0.2) is 0 Å². The molecule has 0 bridgehead atoms. The van der Waals surface area contributed by atoms with Crippen molar-refractivity contribution in [3.05, 3.63) is 62.3 Å². The maximum atomic E-state index is 12.5. The van der Waals surface area contributed by atoms with E-state index in [1.165, 1.54) is 0 Å². The lowest BCUT2D eigenvalue weighted by molar-refractivity contribution is -0.141. The Morgan fingerprint density at radius 2 is 1.90 bits per heavy atom. The molecule has 0 fully saturated rings. The lowest BCUT2D eigenvalue weighted by Gasteiger charge is -2.15. The fourth-order valence-corrected chi connectivity index (χ4v) is 2.79. The van der Waals surface area contributed by atoms with Gasteiger partial charge in [0.2, 0.25) is 0 Å². The second-order valence-electron chi connectivity index (χ2n) is 4.54. The van der Waals surface area contributed by atoms with Gasteiger partial charge in [-0.3, -0.25) is 0 Å². The number of hydrogen-bond donors (Lipinski definition) is 1. The summed E-state index contributed by atoms with van der Waals surface area (Å²) in [6.45, 7) is 1.84. The number of hydrogen-bond acceptors (Lipinski definition) is 2. The zero-order valence-corrected chi connectivity index (χ0v) is 13.1. The molecule has 1 unspecified atom stereocenters. The number of aliphatic hydroxyl groups is 1. The predicted molar refractivity (Wildman–Crippen MR) is 77.2 cm³/mol. The minimum absolute atomic E-state index is 0.127. The van der Waals surface area contributed by atoms with Gasteiger partial charge in [-0.15, -0.1) is 0 Å². The molecule has 1 aromatic carbocycles. The first-order chi connectivity index (χ1) is 9.68. The number of aryl methyl sites for hydroxylation is 1. The fraction of sp³-hybridized carbons (Fsp3) is 0.214. The minimum atomic E-state index is -4.57. The van der Waals surface area contributed by atoms with E-state index >= 15 is 0 Å². The van der Waals surface area contributed by atoms with E-state index in [9.17, 15) is 18.3 Å². The molecule has 112 valence electrons. The fourth-order valence-electron chi connectivity index (χ4n) is 1.91. The van der Waals surface area contributed by atoms with Crippen LogP contribution in [0.15, 0.2) is 34.8 Å². The maximum absolute atomic E-state index is 12.5. The SMILES string of the molecule is Cc1cc(Br)cc(C(O)c2ccc(C(F)(F)F)nc2Cl)c1. The summed E-state index contributed by atoms with van der Waals surface area (Å²) in [5, 5.41) is 9.92. The Labute approximate surface area is 132 Å². The molecular formula is C14H10BrClF3NO. The van der Waals surface area contributed by atoms with Crippen LogP contribution < -0.4 is 0 Å². The van der Waals surface area contributed by atoms with Gasteiger partial charge in [-0.1, -0.05) is 39.7 Å². The molecule has 0 aliphatic carbocycles. The predicted octanol–water partition coefficient (Wildman–Crippen LogP) is 4.91. The van der Waals surface area contributed by atoms with Gasteiger partial charge in [0, 0.05) is 10.0 Å². The summed E-state index contributed by atoms with van der Waals surface area (Å²) in [4.78, 5) is 3.30. The molecule has 0 saturated carbocycles. The Hall–Kier alpha value is -1.11. The van der Waals surface area contributed by atoms with Crippen molar-refractivity contribution >= 4 is 27.5 Å². The van der Waals surface area contributed by atoms with Crippen LogP contribution in [0, 0.1) is 6.92 Å². The Kier molecular flexibility index (Phi) is 4.60. The highest BCUT2D eigenvalue weighted by atomic mass is 79.9. The molecule has 1 heterocycles. The molecule has 0 radical (unpaired) electrons. The Balaban J connectivity index is 2.42. The average molecular weight is 381 g/mol. The normalized spacial score (nSPS) is 13.3. The van der Waals surface area contributed by atoms with E-state index in [0.717, 1.165) is 22.2 Å². The first kappa shape index (κ1) is 16.3. The molecule has 0 aliphatic rings. The highest BCUT2D eigenvalue weighted by molar-refractivity contribution is 9.10. The third-order valence-corrected chi connectivity index (χ3v) is 3.60. The second-order valence-corrected chi connectivity index (χ2v) is 5.81. The molecular weight excluding hydrogens is 371 g/mol. The summed E-state index contributed by atoms with van der Waals surface area (Å²) in [6.07, 6.45) is -5.72. The number of nitrogens with zero attached hydrogens (tertiary/aromatic N) is 1. The molecule has 1 aromatic heterocycles. The van der Waals surface area contributed by atoms with E-state index in [1.54, 1.807) is 12.1 Å². The highest BCUT2D eigenvalue weighted by Gasteiger charge is 2.33. The van der Waals surface area contributed by atoms with E-state index in [1.807, 2.05) is 13.0 Å². The van der Waals surface area contributed by atoms with Crippen molar-refractivity contribution in [1.82, 2.24) is 4.98 Å². The first-order valence-corrected chi connectivity index (χ1v) is 7.04. The third-order valence-electron chi connectivity index (χ3n) is 2.84. The summed E-state index contributed by atoms with van der Waals surface area (Å²) in [5.74, 6) is 0. The van der Waals surface area contributed by atoms with Crippen molar-refractivity contribution in [3.63, 3.8) is 0 Å². The van der Waals surface area contributed by atoms with Gasteiger partial charge in [-0.2, -0.15) is 13.2 Å². The van der Waals surface area contributed by atoms with E-state index in [2.05, 4.69) is 20.9 Å². The second kappa shape index (κ2) is 5.94. The smallest absolute Gasteiger partial charge is 0.384 e. The van der Waals surface area contributed by atoms with Crippen LogP contribution in [0.2, 0.25) is 5.15 Å². The number of aromatic nitrogens is 1. The van der Waals surface area contributed by atoms with Gasteiger partial charge < -0.3 is 5.11 Å². The first-order valence-electron chi connectivity index (χ1n) is 5.87. The van der Waals surface area contributed by atoms with E-state index < -0.39 is 18.0 Å². The van der Waals surface area contributed by atoms with E-state index in [0.29, 0.717) is 5.56 Å². The van der Waals surface area contributed by atoms with Gasteiger partial charge in [0.05, 0.1) is 0 Å². The van der Waals surface area contributed by atoms with Crippen LogP contribution >= 0.6 is 27.5 Å². The van der Waals surface area contributed by atoms with E-state index in [4.69, 9.17) is 11.6 Å². The number of rotatable bonds is 2. The molecule has 2 nitrogen and oxygen atoms in total. The molecule has 2 rings (SSSR count). The summed E-state index contributed by atoms with van der Waals surface area (Å²) in [7, 11) is 0. The number of alkyl halides is 3. The van der Waals surface area contributed by atoms with Crippen LogP contribution in [0.25, 0.3) is 0 Å². The monoisotopic (exact) mass is 379 g/mol. The lowest BCUT2D eigenvalue weighted by Crippen LogP contribution is -2.10. The van der Waals surface area contributed by atoms with Crippen LogP contribution in [0.3, 0.4) is 0 Å². The van der Waals surface area contributed by atoms with Crippen LogP contribution in [0.5, 0.6) is 0 Å². The van der Waals surface area contributed by atoms with Gasteiger partial charge in [0.25, 0.3) is 0 Å². The summed E-state index contributed by atoms with van der Waals surface area (Å²) < 4.78 is 38.4. The van der Waals surface area contributed by atoms with Crippen LogP contribution in [0.1, 0.15) is 28.5 Å². The van der Waals surface area contributed by atoms with Gasteiger partial charge >= 0.3 is 6.18 Å². The summed E-state index contributed by atoms with van der Waals surface area (Å²) >= 11 is 9.08. The molecule has 1 N–H and O–H groups in total. The van der Waals surface area contributed by atoms with Crippen molar-refractivity contribution in [2.24, 2.45) is 0 Å². The average Bonchev–Trinajstić information content (AvgIpc) is 2.35. The zero-order valence-electron chi connectivity index (χ0n) is 10.7. The van der Waals surface area contributed by atoms with Crippen molar-refractivity contribution in [1.29, 1.82) is 0 Å².